The highest BCUT2D eigenvalue weighted by atomic mass is 32.2. The maximum Gasteiger partial charge on any atom is 0.279 e. The van der Waals surface area contributed by atoms with Crippen molar-refractivity contribution in [1.82, 2.24) is 18.0 Å². The van der Waals surface area contributed by atoms with Crippen molar-refractivity contribution < 1.29 is 8.42 Å². The lowest BCUT2D eigenvalue weighted by atomic mass is 10.1. The highest BCUT2D eigenvalue weighted by Gasteiger charge is 2.31. The summed E-state index contributed by atoms with van der Waals surface area (Å²) >= 11 is 1.41. The van der Waals surface area contributed by atoms with E-state index in [-0.39, 0.29) is 6.04 Å². The third kappa shape index (κ3) is 3.26. The molecule has 1 N–H and O–H groups in total. The summed E-state index contributed by atoms with van der Waals surface area (Å²) in [6.45, 7) is 0.633. The summed E-state index contributed by atoms with van der Waals surface area (Å²) in [6.07, 6.45) is 1.22. The van der Waals surface area contributed by atoms with Crippen LogP contribution in [0.2, 0.25) is 0 Å². The van der Waals surface area contributed by atoms with Crippen LogP contribution in [0.5, 0.6) is 0 Å². The number of hydrogen-bond donors (Lipinski definition) is 1. The first-order valence-electron chi connectivity index (χ1n) is 8.52. The molecule has 1 aromatic carbocycles. The molecule has 0 radical (unpaired) electrons. The van der Waals surface area contributed by atoms with E-state index in [9.17, 15) is 13.7 Å². The Morgan fingerprint density at radius 1 is 1.37 bits per heavy atom. The van der Waals surface area contributed by atoms with Crippen LogP contribution in [-0.2, 0) is 29.6 Å². The molecule has 0 saturated heterocycles. The van der Waals surface area contributed by atoms with Gasteiger partial charge in [0.1, 0.15) is 0 Å². The largest absolute Gasteiger partial charge is 0.338 e. The molecule has 0 fully saturated rings. The molecule has 27 heavy (non-hydrogen) atoms. The van der Waals surface area contributed by atoms with E-state index in [1.54, 1.807) is 0 Å². The van der Waals surface area contributed by atoms with Crippen molar-refractivity contribution in [3.63, 3.8) is 0 Å². The lowest BCUT2D eigenvalue weighted by molar-refractivity contribution is 0.487. The van der Waals surface area contributed by atoms with Crippen molar-refractivity contribution in [3.8, 4) is 6.07 Å². The summed E-state index contributed by atoms with van der Waals surface area (Å²) in [5.41, 5.74) is 4.86. The van der Waals surface area contributed by atoms with Crippen LogP contribution < -0.4 is 4.72 Å². The Labute approximate surface area is 162 Å². The van der Waals surface area contributed by atoms with Gasteiger partial charge in [0.15, 0.2) is 0 Å². The Kier molecular flexibility index (Phi) is 4.52. The van der Waals surface area contributed by atoms with E-state index in [2.05, 4.69) is 19.7 Å². The van der Waals surface area contributed by atoms with Crippen molar-refractivity contribution in [1.29, 1.82) is 5.26 Å². The molecule has 7 nitrogen and oxygen atoms in total. The molecule has 9 heteroatoms. The normalized spacial score (nSPS) is 16.7. The molecule has 2 aromatic heterocycles. The van der Waals surface area contributed by atoms with Crippen molar-refractivity contribution in [2.45, 2.75) is 25.4 Å². The number of nitrogens with one attached hydrogen (secondary N) is 1. The first-order chi connectivity index (χ1) is 12.9. The fourth-order valence-electron chi connectivity index (χ4n) is 3.62. The van der Waals surface area contributed by atoms with Crippen LogP contribution in [-0.4, -0.2) is 41.8 Å². The SMILES string of the molecule is CN(C)S(=O)(=O)NC1Cc2c(n(Cc3ccsn3)c3ccc(C#N)cc23)C1. The molecule has 0 amide bonds. The van der Waals surface area contributed by atoms with E-state index >= 15 is 0 Å². The number of fused-ring (bicyclic) bond motifs is 3. The first kappa shape index (κ1) is 18.1. The molecule has 3 aromatic rings. The van der Waals surface area contributed by atoms with E-state index in [4.69, 9.17) is 0 Å². The van der Waals surface area contributed by atoms with Gasteiger partial charge in [-0.1, -0.05) is 0 Å². The highest BCUT2D eigenvalue weighted by Crippen LogP contribution is 2.34. The summed E-state index contributed by atoms with van der Waals surface area (Å²) in [6, 6.07) is 9.68. The van der Waals surface area contributed by atoms with E-state index in [0.717, 1.165) is 27.9 Å². The van der Waals surface area contributed by atoms with Crippen molar-refractivity contribution in [3.05, 3.63) is 52.2 Å². The zero-order chi connectivity index (χ0) is 19.2. The van der Waals surface area contributed by atoms with Crippen LogP contribution in [0.15, 0.2) is 29.6 Å². The molecule has 0 aliphatic heterocycles. The minimum absolute atomic E-state index is 0.195. The topological polar surface area (TPSA) is 91.0 Å². The molecule has 0 saturated carbocycles. The quantitative estimate of drug-likeness (QED) is 0.707. The molecule has 4 rings (SSSR count). The van der Waals surface area contributed by atoms with Gasteiger partial charge in [0, 0.05) is 48.5 Å². The lowest BCUT2D eigenvalue weighted by Crippen LogP contribution is -2.42. The van der Waals surface area contributed by atoms with Gasteiger partial charge in [-0.3, -0.25) is 0 Å². The van der Waals surface area contributed by atoms with Gasteiger partial charge in [-0.15, -0.1) is 0 Å². The maximum atomic E-state index is 12.2. The van der Waals surface area contributed by atoms with E-state index < -0.39 is 10.2 Å². The molecule has 1 atom stereocenters. The fourth-order valence-corrected chi connectivity index (χ4v) is 4.95. The zero-order valence-electron chi connectivity index (χ0n) is 15.0. The molecule has 1 aliphatic carbocycles. The summed E-state index contributed by atoms with van der Waals surface area (Å²) in [7, 11) is -0.464. The Hall–Kier alpha value is -2.25. The Balaban J connectivity index is 1.76. The van der Waals surface area contributed by atoms with Crippen LogP contribution in [0.4, 0.5) is 0 Å². The predicted octanol–water partition coefficient (Wildman–Crippen LogP) is 1.88. The summed E-state index contributed by atoms with van der Waals surface area (Å²) in [5.74, 6) is 0. The monoisotopic (exact) mass is 401 g/mol. The van der Waals surface area contributed by atoms with Gasteiger partial charge in [-0.2, -0.15) is 27.1 Å². The van der Waals surface area contributed by atoms with Crippen LogP contribution in [0.3, 0.4) is 0 Å². The number of benzene rings is 1. The zero-order valence-corrected chi connectivity index (χ0v) is 16.6. The molecule has 0 spiro atoms. The van der Waals surface area contributed by atoms with Gasteiger partial charge < -0.3 is 4.57 Å². The van der Waals surface area contributed by atoms with E-state index in [0.29, 0.717) is 24.9 Å². The molecule has 2 heterocycles. The van der Waals surface area contributed by atoms with Crippen molar-refractivity contribution in [2.75, 3.05) is 14.1 Å². The molecular formula is C18H19N5O2S2. The second-order valence-corrected chi connectivity index (χ2v) is 9.44. The van der Waals surface area contributed by atoms with Crippen LogP contribution in [0.25, 0.3) is 10.9 Å². The second kappa shape index (κ2) is 6.73. The van der Waals surface area contributed by atoms with Crippen LogP contribution in [0, 0.1) is 11.3 Å². The van der Waals surface area contributed by atoms with Crippen molar-refractivity contribution >= 4 is 32.6 Å². The van der Waals surface area contributed by atoms with E-state index in [1.807, 2.05) is 29.6 Å². The molecule has 0 bridgehead atoms. The Morgan fingerprint density at radius 2 is 2.19 bits per heavy atom. The number of nitrogens with zero attached hydrogens (tertiary/aromatic N) is 4. The number of nitriles is 1. The van der Waals surface area contributed by atoms with Gasteiger partial charge in [-0.25, -0.2) is 0 Å². The second-order valence-electron chi connectivity index (χ2n) is 6.86. The smallest absolute Gasteiger partial charge is 0.279 e. The summed E-state index contributed by atoms with van der Waals surface area (Å²) in [4.78, 5) is 0. The Morgan fingerprint density at radius 3 is 2.85 bits per heavy atom. The summed E-state index contributed by atoms with van der Waals surface area (Å²) in [5, 5.41) is 12.2. The third-order valence-electron chi connectivity index (χ3n) is 4.91. The molecule has 140 valence electrons. The summed E-state index contributed by atoms with van der Waals surface area (Å²) < 4.78 is 35.0. The lowest BCUT2D eigenvalue weighted by Gasteiger charge is -2.18. The standard InChI is InChI=1S/C18H19N5O2S2/c1-22(2)27(24,25)21-14-8-16-15-7-12(10-19)3-4-17(15)23(18(16)9-14)11-13-5-6-26-20-13/h3-7,14,21H,8-9,11H2,1-2H3. The maximum absolute atomic E-state index is 12.2. The predicted molar refractivity (Wildman–Crippen MR) is 105 cm³/mol. The van der Waals surface area contributed by atoms with Gasteiger partial charge in [0.25, 0.3) is 10.2 Å². The fraction of sp³-hybridized carbons (Fsp3) is 0.333. The Bertz CT molecular complexity index is 1140. The molecule has 1 aliphatic rings. The number of hydrogen-bond acceptors (Lipinski definition) is 5. The average molecular weight is 402 g/mol. The minimum atomic E-state index is -3.50. The van der Waals surface area contributed by atoms with Gasteiger partial charge in [0.2, 0.25) is 0 Å². The number of aromatic nitrogens is 2. The van der Waals surface area contributed by atoms with Crippen molar-refractivity contribution in [2.24, 2.45) is 0 Å². The average Bonchev–Trinajstić information content (AvgIpc) is 3.33. The van der Waals surface area contributed by atoms with Crippen LogP contribution in [0.1, 0.15) is 22.5 Å². The van der Waals surface area contributed by atoms with E-state index in [1.165, 1.54) is 29.9 Å². The van der Waals surface area contributed by atoms with Gasteiger partial charge >= 0.3 is 0 Å². The van der Waals surface area contributed by atoms with Crippen LogP contribution >= 0.6 is 11.5 Å². The van der Waals surface area contributed by atoms with Gasteiger partial charge in [-0.05, 0) is 47.8 Å². The molecular weight excluding hydrogens is 382 g/mol. The highest BCUT2D eigenvalue weighted by molar-refractivity contribution is 7.87. The number of rotatable bonds is 5. The third-order valence-corrected chi connectivity index (χ3v) is 7.10. The molecule has 1 unspecified atom stereocenters. The minimum Gasteiger partial charge on any atom is -0.338 e. The van der Waals surface area contributed by atoms with Gasteiger partial charge in [0.05, 0.1) is 23.9 Å². The first-order valence-corrected chi connectivity index (χ1v) is 10.8.